The zero-order valence-corrected chi connectivity index (χ0v) is 11.4. The summed E-state index contributed by atoms with van der Waals surface area (Å²) in [5.41, 5.74) is 0.923. The van der Waals surface area contributed by atoms with Crippen LogP contribution in [0.1, 0.15) is 10.8 Å². The predicted octanol–water partition coefficient (Wildman–Crippen LogP) is 3.35. The average molecular weight is 303 g/mol. The van der Waals surface area contributed by atoms with Crippen molar-refractivity contribution in [1.82, 2.24) is 4.98 Å². The molecule has 8 heteroatoms. The summed E-state index contributed by atoms with van der Waals surface area (Å²) >= 11 is 1.53. The van der Waals surface area contributed by atoms with Gasteiger partial charge in [-0.05, 0) is 18.2 Å². The van der Waals surface area contributed by atoms with Crippen LogP contribution < -0.4 is 0 Å². The molecule has 21 heavy (non-hydrogen) atoms. The lowest BCUT2D eigenvalue weighted by atomic mass is 10.3. The largest absolute Gasteiger partial charge is 0.433 e. The molecule has 0 bridgehead atoms. The molecule has 0 saturated heterocycles. The van der Waals surface area contributed by atoms with Crippen molar-refractivity contribution in [3.63, 3.8) is 0 Å². The van der Waals surface area contributed by atoms with Gasteiger partial charge in [0.25, 0.3) is 0 Å². The molecule has 0 spiro atoms. The number of furan rings is 1. The Morgan fingerprint density at radius 1 is 1.38 bits per heavy atom. The predicted molar refractivity (Wildman–Crippen MR) is 77.4 cm³/mol. The van der Waals surface area contributed by atoms with Gasteiger partial charge in [-0.3, -0.25) is 10.1 Å². The van der Waals surface area contributed by atoms with Crippen molar-refractivity contribution in [3.8, 4) is 0 Å². The van der Waals surface area contributed by atoms with Crippen LogP contribution in [0.15, 0.2) is 46.0 Å². The van der Waals surface area contributed by atoms with Crippen LogP contribution in [-0.4, -0.2) is 16.1 Å². The molecule has 0 aliphatic rings. The van der Waals surface area contributed by atoms with Crippen LogP contribution in [0, 0.1) is 10.1 Å². The van der Waals surface area contributed by atoms with Gasteiger partial charge in [0.15, 0.2) is 12.4 Å². The molecule has 0 fully saturated rings. The summed E-state index contributed by atoms with van der Waals surface area (Å²) in [6.07, 6.45) is 1.28. The number of benzene rings is 1. The van der Waals surface area contributed by atoms with Gasteiger partial charge in [-0.15, -0.1) is 11.3 Å². The summed E-state index contributed by atoms with van der Waals surface area (Å²) in [6, 6.07) is 10.5. The van der Waals surface area contributed by atoms with E-state index in [-0.39, 0.29) is 18.3 Å². The van der Waals surface area contributed by atoms with E-state index in [1.54, 1.807) is 0 Å². The van der Waals surface area contributed by atoms with E-state index < -0.39 is 4.92 Å². The van der Waals surface area contributed by atoms with E-state index >= 15 is 0 Å². The first kappa shape index (κ1) is 13.3. The molecule has 0 unspecified atom stereocenters. The fraction of sp³-hybridized carbons (Fsp3) is 0.0769. The number of rotatable bonds is 5. The third-order valence-electron chi connectivity index (χ3n) is 2.57. The van der Waals surface area contributed by atoms with Gasteiger partial charge in [0.1, 0.15) is 16.1 Å². The summed E-state index contributed by atoms with van der Waals surface area (Å²) < 4.78 is 5.99. The van der Waals surface area contributed by atoms with Gasteiger partial charge >= 0.3 is 5.88 Å². The number of nitro groups is 1. The molecule has 0 N–H and O–H groups in total. The van der Waals surface area contributed by atoms with Crippen molar-refractivity contribution >= 4 is 33.7 Å². The minimum Gasteiger partial charge on any atom is -0.400 e. The molecule has 7 nitrogen and oxygen atoms in total. The normalized spacial score (nSPS) is 11.2. The molecule has 2 aromatic heterocycles. The number of nitrogens with zero attached hydrogens (tertiary/aromatic N) is 3. The highest BCUT2D eigenvalue weighted by atomic mass is 32.1. The van der Waals surface area contributed by atoms with Gasteiger partial charge in [0, 0.05) is 0 Å². The van der Waals surface area contributed by atoms with Crippen LogP contribution in [0.3, 0.4) is 0 Å². The van der Waals surface area contributed by atoms with E-state index in [9.17, 15) is 10.1 Å². The van der Waals surface area contributed by atoms with Crippen molar-refractivity contribution in [2.24, 2.45) is 5.16 Å². The summed E-state index contributed by atoms with van der Waals surface area (Å²) in [5, 5.41) is 15.0. The molecular formula is C13H9N3O4S. The molecule has 0 atom stereocenters. The molecule has 0 radical (unpaired) electrons. The second kappa shape index (κ2) is 5.71. The molecule has 3 rings (SSSR count). The highest BCUT2D eigenvalue weighted by molar-refractivity contribution is 7.18. The minimum atomic E-state index is -0.612. The zero-order chi connectivity index (χ0) is 14.7. The van der Waals surface area contributed by atoms with E-state index in [4.69, 9.17) is 9.25 Å². The van der Waals surface area contributed by atoms with Crippen molar-refractivity contribution in [1.29, 1.82) is 0 Å². The SMILES string of the molecule is O=[N+]([O-])c1ccc(/C=N\OCc2nc3ccccc3s2)o1. The molecule has 1 aromatic carbocycles. The number of thiazole rings is 1. The number of fused-ring (bicyclic) bond motifs is 1. The lowest BCUT2D eigenvalue weighted by Gasteiger charge is -1.92. The molecule has 0 saturated carbocycles. The summed E-state index contributed by atoms with van der Waals surface area (Å²) in [7, 11) is 0. The standard InChI is InChI=1S/C13H9N3O4S/c17-16(18)13-6-5-9(20-13)7-14-19-8-12-15-10-3-1-2-4-11(10)21-12/h1-7H,8H2/b14-7-. The third-order valence-corrected chi connectivity index (χ3v) is 3.58. The van der Waals surface area contributed by atoms with E-state index in [1.165, 1.54) is 29.7 Å². The fourth-order valence-corrected chi connectivity index (χ4v) is 2.55. The van der Waals surface area contributed by atoms with Crippen LogP contribution >= 0.6 is 11.3 Å². The first-order valence-electron chi connectivity index (χ1n) is 5.96. The zero-order valence-electron chi connectivity index (χ0n) is 10.6. The monoisotopic (exact) mass is 303 g/mol. The van der Waals surface area contributed by atoms with E-state index in [0.717, 1.165) is 15.2 Å². The summed E-state index contributed by atoms with van der Waals surface area (Å²) in [6.45, 7) is 0.235. The van der Waals surface area contributed by atoms with Gasteiger partial charge in [0.05, 0.1) is 16.3 Å². The Bertz CT molecular complexity index is 775. The first-order valence-corrected chi connectivity index (χ1v) is 6.78. The molecular weight excluding hydrogens is 294 g/mol. The molecule has 2 heterocycles. The fourth-order valence-electron chi connectivity index (χ4n) is 1.67. The maximum Gasteiger partial charge on any atom is 0.433 e. The van der Waals surface area contributed by atoms with Gasteiger partial charge in [-0.1, -0.05) is 17.3 Å². The van der Waals surface area contributed by atoms with Gasteiger partial charge < -0.3 is 9.25 Å². The van der Waals surface area contributed by atoms with Crippen molar-refractivity contribution in [2.45, 2.75) is 6.61 Å². The van der Waals surface area contributed by atoms with E-state index in [2.05, 4.69) is 10.1 Å². The Morgan fingerprint density at radius 2 is 2.24 bits per heavy atom. The highest BCUT2D eigenvalue weighted by Crippen LogP contribution is 2.22. The maximum atomic E-state index is 10.4. The van der Waals surface area contributed by atoms with E-state index in [1.807, 2.05) is 24.3 Å². The topological polar surface area (TPSA) is 90.8 Å². The van der Waals surface area contributed by atoms with Crippen molar-refractivity contribution in [3.05, 3.63) is 57.3 Å². The molecule has 3 aromatic rings. The average Bonchev–Trinajstić information content (AvgIpc) is 3.10. The Balaban J connectivity index is 1.59. The number of hydrogen-bond acceptors (Lipinski definition) is 7. The minimum absolute atomic E-state index is 0.235. The molecule has 106 valence electrons. The van der Waals surface area contributed by atoms with Crippen LogP contribution in [0.25, 0.3) is 10.2 Å². The van der Waals surface area contributed by atoms with Crippen LogP contribution in [0.4, 0.5) is 5.88 Å². The molecule has 0 aliphatic heterocycles. The van der Waals surface area contributed by atoms with Crippen molar-refractivity contribution in [2.75, 3.05) is 0 Å². The quantitative estimate of drug-likeness (QED) is 0.409. The lowest BCUT2D eigenvalue weighted by Crippen LogP contribution is -1.86. The Kier molecular flexibility index (Phi) is 3.61. The first-order chi connectivity index (χ1) is 10.2. The number of oxime groups is 1. The van der Waals surface area contributed by atoms with Gasteiger partial charge in [-0.25, -0.2) is 4.98 Å². The Morgan fingerprint density at radius 3 is 3.00 bits per heavy atom. The van der Waals surface area contributed by atoms with Crippen LogP contribution in [-0.2, 0) is 11.4 Å². The second-order valence-corrected chi connectivity index (χ2v) is 5.13. The Labute approximate surface area is 122 Å². The number of hydrogen-bond donors (Lipinski definition) is 0. The van der Waals surface area contributed by atoms with Gasteiger partial charge in [0.2, 0.25) is 0 Å². The van der Waals surface area contributed by atoms with Crippen molar-refractivity contribution < 1.29 is 14.2 Å². The maximum absolute atomic E-state index is 10.4. The smallest absolute Gasteiger partial charge is 0.400 e. The summed E-state index contributed by atoms with van der Waals surface area (Å²) in [4.78, 5) is 19.3. The Hall–Kier alpha value is -2.74. The number of para-hydroxylation sites is 1. The highest BCUT2D eigenvalue weighted by Gasteiger charge is 2.10. The van der Waals surface area contributed by atoms with Gasteiger partial charge in [-0.2, -0.15) is 0 Å². The number of aromatic nitrogens is 1. The molecule has 0 amide bonds. The lowest BCUT2D eigenvalue weighted by molar-refractivity contribution is -0.402. The third kappa shape index (κ3) is 3.06. The van der Waals surface area contributed by atoms with Crippen LogP contribution in [0.5, 0.6) is 0 Å². The van der Waals surface area contributed by atoms with Crippen LogP contribution in [0.2, 0.25) is 0 Å². The van der Waals surface area contributed by atoms with E-state index in [0.29, 0.717) is 0 Å². The second-order valence-electron chi connectivity index (χ2n) is 4.02. The molecule has 0 aliphatic carbocycles. The summed E-state index contributed by atoms with van der Waals surface area (Å²) in [5.74, 6) is -0.0753.